The number of fused-ring (bicyclic) bond motifs is 1. The summed E-state index contributed by atoms with van der Waals surface area (Å²) >= 11 is 0. The van der Waals surface area contributed by atoms with E-state index in [4.69, 9.17) is 4.74 Å². The van der Waals surface area contributed by atoms with Gasteiger partial charge in [-0.15, -0.1) is 5.10 Å². The number of hydrogen-bond donors (Lipinski definition) is 2. The molecule has 0 saturated heterocycles. The monoisotopic (exact) mass is 487 g/mol. The van der Waals surface area contributed by atoms with Gasteiger partial charge in [-0.25, -0.2) is 4.98 Å². The molecule has 4 rings (SSSR count). The highest BCUT2D eigenvalue weighted by Crippen LogP contribution is 2.38. The Morgan fingerprint density at radius 2 is 1.94 bits per heavy atom. The van der Waals surface area contributed by atoms with Crippen LogP contribution in [-0.2, 0) is 4.79 Å². The van der Waals surface area contributed by atoms with Crippen molar-refractivity contribution in [3.8, 4) is 11.6 Å². The number of hydrogen-bond acceptors (Lipinski definition) is 9. The summed E-state index contributed by atoms with van der Waals surface area (Å²) < 4.78 is 7.32. The lowest BCUT2D eigenvalue weighted by molar-refractivity contribution is -0.111. The Balaban J connectivity index is 1.69. The van der Waals surface area contributed by atoms with Gasteiger partial charge in [0, 0.05) is 38.5 Å². The molecule has 0 atom stereocenters. The summed E-state index contributed by atoms with van der Waals surface area (Å²) in [6, 6.07) is 13.1. The molecular formula is C25H29N9O2. The minimum absolute atomic E-state index is 0.315. The third-order valence-corrected chi connectivity index (χ3v) is 5.51. The molecule has 1 amide bonds. The average molecular weight is 488 g/mol. The number of para-hydroxylation sites is 1. The lowest BCUT2D eigenvalue weighted by Gasteiger charge is -2.26. The van der Waals surface area contributed by atoms with Gasteiger partial charge in [0.15, 0.2) is 5.82 Å². The zero-order valence-electron chi connectivity index (χ0n) is 20.8. The zero-order valence-corrected chi connectivity index (χ0v) is 20.8. The normalized spacial score (nSPS) is 10.9. The first kappa shape index (κ1) is 24.6. The van der Waals surface area contributed by atoms with Crippen LogP contribution in [0.4, 0.5) is 23.0 Å². The Labute approximate surface area is 209 Å². The van der Waals surface area contributed by atoms with Gasteiger partial charge in [-0.2, -0.15) is 9.67 Å². The molecule has 0 radical (unpaired) electrons. The predicted molar refractivity (Wildman–Crippen MR) is 141 cm³/mol. The summed E-state index contributed by atoms with van der Waals surface area (Å²) in [6.07, 6.45) is 2.87. The quantitative estimate of drug-likeness (QED) is 0.326. The van der Waals surface area contributed by atoms with Crippen molar-refractivity contribution < 1.29 is 9.53 Å². The number of benzene rings is 2. The van der Waals surface area contributed by atoms with Crippen molar-refractivity contribution in [3.05, 3.63) is 61.3 Å². The molecule has 0 aliphatic heterocycles. The molecule has 2 N–H and O–H groups in total. The topological polar surface area (TPSA) is 113 Å². The highest BCUT2D eigenvalue weighted by Gasteiger charge is 2.17. The highest BCUT2D eigenvalue weighted by atomic mass is 16.5. The molecule has 0 spiro atoms. The number of amides is 1. The number of carbonyl (C=O) groups excluding carboxylic acids is 1. The number of carbonyl (C=O) groups is 1. The van der Waals surface area contributed by atoms with E-state index in [-0.39, 0.29) is 5.91 Å². The lowest BCUT2D eigenvalue weighted by Crippen LogP contribution is -2.29. The summed E-state index contributed by atoms with van der Waals surface area (Å²) in [5.74, 6) is 1.14. The van der Waals surface area contributed by atoms with Crippen LogP contribution in [0.5, 0.6) is 5.75 Å². The van der Waals surface area contributed by atoms with Gasteiger partial charge in [-0.1, -0.05) is 23.9 Å². The largest absolute Gasteiger partial charge is 0.494 e. The second-order valence-corrected chi connectivity index (χ2v) is 8.34. The fraction of sp³-hybridized carbons (Fsp3) is 0.240. The molecule has 0 bridgehead atoms. The lowest BCUT2D eigenvalue weighted by atomic mass is 10.2. The fourth-order valence-corrected chi connectivity index (χ4v) is 3.59. The molecule has 0 unspecified atom stereocenters. The van der Waals surface area contributed by atoms with E-state index in [0.29, 0.717) is 28.9 Å². The highest BCUT2D eigenvalue weighted by molar-refractivity contribution is 6.02. The molecule has 0 aliphatic rings. The maximum atomic E-state index is 12.2. The third kappa shape index (κ3) is 5.41. The fourth-order valence-electron chi connectivity index (χ4n) is 3.59. The van der Waals surface area contributed by atoms with Gasteiger partial charge < -0.3 is 25.2 Å². The molecule has 36 heavy (non-hydrogen) atoms. The van der Waals surface area contributed by atoms with E-state index < -0.39 is 0 Å². The second kappa shape index (κ2) is 10.8. The number of nitrogens with one attached hydrogen (secondary N) is 2. The number of nitrogens with zero attached hydrogens (tertiary/aromatic N) is 7. The molecule has 0 fully saturated rings. The Kier molecular flexibility index (Phi) is 7.40. The van der Waals surface area contributed by atoms with E-state index >= 15 is 0 Å². The number of anilines is 4. The first-order valence-corrected chi connectivity index (χ1v) is 11.3. The minimum atomic E-state index is -0.315. The van der Waals surface area contributed by atoms with Crippen LogP contribution in [0.15, 0.2) is 61.3 Å². The number of ether oxygens (including phenoxy) is 1. The van der Waals surface area contributed by atoms with Crippen LogP contribution >= 0.6 is 0 Å². The van der Waals surface area contributed by atoms with Crippen LogP contribution in [0, 0.1) is 0 Å². The molecule has 11 nitrogen and oxygen atoms in total. The van der Waals surface area contributed by atoms with Crippen LogP contribution in [0.1, 0.15) is 0 Å². The van der Waals surface area contributed by atoms with Crippen molar-refractivity contribution >= 4 is 40.0 Å². The molecular weight excluding hydrogens is 458 g/mol. The summed E-state index contributed by atoms with van der Waals surface area (Å²) in [5, 5.41) is 14.5. The standard InChI is InChI=1S/C25H29N9O2/c1-6-24(35)27-18-15-19(22(36-5)16-21(18)33(4)14-13-32(2)3)28-25-26-12-11-23(29-25)34-20-10-8-7-9-17(20)30-31-34/h6-12,15-16H,1,13-14H2,2-5H3,(H,27,35)(H,26,28,29). The van der Waals surface area contributed by atoms with Gasteiger partial charge in [0.25, 0.3) is 0 Å². The molecule has 11 heteroatoms. The van der Waals surface area contributed by atoms with Crippen LogP contribution < -0.4 is 20.3 Å². The zero-order chi connectivity index (χ0) is 25.7. The van der Waals surface area contributed by atoms with Gasteiger partial charge in [0.1, 0.15) is 11.3 Å². The summed E-state index contributed by atoms with van der Waals surface area (Å²) in [4.78, 5) is 25.3. The molecule has 2 heterocycles. The number of aromatic nitrogens is 5. The summed E-state index contributed by atoms with van der Waals surface area (Å²) in [7, 11) is 7.57. The van der Waals surface area contributed by atoms with Crippen molar-refractivity contribution in [2.24, 2.45) is 0 Å². The SMILES string of the molecule is C=CC(=O)Nc1cc(Nc2nccc(-n3nnc4ccccc43)n2)c(OC)cc1N(C)CCN(C)C. The van der Waals surface area contributed by atoms with Crippen LogP contribution in [0.25, 0.3) is 16.9 Å². The van der Waals surface area contributed by atoms with Crippen molar-refractivity contribution in [1.29, 1.82) is 0 Å². The maximum absolute atomic E-state index is 12.2. The van der Waals surface area contributed by atoms with Crippen molar-refractivity contribution in [2.45, 2.75) is 0 Å². The van der Waals surface area contributed by atoms with Gasteiger partial charge in [0.05, 0.1) is 29.7 Å². The Morgan fingerprint density at radius 1 is 1.14 bits per heavy atom. The third-order valence-electron chi connectivity index (χ3n) is 5.51. The average Bonchev–Trinajstić information content (AvgIpc) is 3.32. The molecule has 186 valence electrons. The van der Waals surface area contributed by atoms with Gasteiger partial charge in [-0.05, 0) is 38.4 Å². The first-order valence-electron chi connectivity index (χ1n) is 11.3. The predicted octanol–water partition coefficient (Wildman–Crippen LogP) is 3.09. The number of rotatable bonds is 10. The maximum Gasteiger partial charge on any atom is 0.247 e. The van der Waals surface area contributed by atoms with Crippen molar-refractivity contribution in [3.63, 3.8) is 0 Å². The van der Waals surface area contributed by atoms with Crippen LogP contribution in [0.2, 0.25) is 0 Å². The van der Waals surface area contributed by atoms with Crippen molar-refractivity contribution in [1.82, 2.24) is 29.9 Å². The number of likely N-dealkylation sites (N-methyl/N-ethyl adjacent to an activating group) is 2. The van der Waals surface area contributed by atoms with E-state index in [1.165, 1.54) is 6.08 Å². The van der Waals surface area contributed by atoms with Crippen LogP contribution in [-0.4, -0.2) is 77.1 Å². The molecule has 2 aromatic carbocycles. The molecule has 4 aromatic rings. The molecule has 0 saturated carbocycles. The number of methoxy groups -OCH3 is 1. The summed E-state index contributed by atoms with van der Waals surface area (Å²) in [6.45, 7) is 5.15. The Bertz CT molecular complexity index is 1380. The Hall–Kier alpha value is -4.51. The molecule has 0 aliphatic carbocycles. The summed E-state index contributed by atoms with van der Waals surface area (Å²) in [5.41, 5.74) is 3.59. The van der Waals surface area contributed by atoms with E-state index in [1.54, 1.807) is 30.1 Å². The van der Waals surface area contributed by atoms with E-state index in [1.807, 2.05) is 51.5 Å². The van der Waals surface area contributed by atoms with Gasteiger partial charge in [0.2, 0.25) is 11.9 Å². The van der Waals surface area contributed by atoms with Gasteiger partial charge >= 0.3 is 0 Å². The van der Waals surface area contributed by atoms with E-state index in [2.05, 4.69) is 47.3 Å². The van der Waals surface area contributed by atoms with Crippen molar-refractivity contribution in [2.75, 3.05) is 56.9 Å². The minimum Gasteiger partial charge on any atom is -0.494 e. The van der Waals surface area contributed by atoms with E-state index in [0.717, 1.165) is 29.8 Å². The van der Waals surface area contributed by atoms with Crippen LogP contribution in [0.3, 0.4) is 0 Å². The smallest absolute Gasteiger partial charge is 0.247 e. The van der Waals surface area contributed by atoms with E-state index in [9.17, 15) is 4.79 Å². The Morgan fingerprint density at radius 3 is 2.69 bits per heavy atom. The van der Waals surface area contributed by atoms with Gasteiger partial charge in [-0.3, -0.25) is 4.79 Å². The molecule has 2 aromatic heterocycles. The second-order valence-electron chi connectivity index (χ2n) is 8.34. The first-order chi connectivity index (χ1) is 17.4.